The van der Waals surface area contributed by atoms with Crippen molar-refractivity contribution in [3.63, 3.8) is 0 Å². The van der Waals surface area contributed by atoms with Gasteiger partial charge in [0.2, 0.25) is 5.91 Å². The van der Waals surface area contributed by atoms with Crippen molar-refractivity contribution in [3.8, 4) is 0 Å². The van der Waals surface area contributed by atoms with E-state index in [0.29, 0.717) is 13.1 Å². The lowest BCUT2D eigenvalue weighted by molar-refractivity contribution is -0.119. The summed E-state index contributed by atoms with van der Waals surface area (Å²) >= 11 is 0. The molecule has 0 atom stereocenters. The van der Waals surface area contributed by atoms with Gasteiger partial charge in [-0.15, -0.1) is 0 Å². The Balaban J connectivity index is 2.39. The third-order valence-electron chi connectivity index (χ3n) is 1.97. The van der Waals surface area contributed by atoms with E-state index in [4.69, 9.17) is 0 Å². The quantitative estimate of drug-likeness (QED) is 0.719. The average molecular weight is 193 g/mol. The van der Waals surface area contributed by atoms with Crippen LogP contribution in [0.4, 0.5) is 0 Å². The smallest absolute Gasteiger partial charge is 0.233 e. The van der Waals surface area contributed by atoms with Crippen LogP contribution in [0.1, 0.15) is 11.3 Å². The summed E-state index contributed by atoms with van der Waals surface area (Å²) in [5, 5.41) is 5.56. The molecule has 0 aliphatic carbocycles. The third-order valence-corrected chi connectivity index (χ3v) is 1.97. The highest BCUT2D eigenvalue weighted by Crippen LogP contribution is 2.01. The second-order valence-electron chi connectivity index (χ2n) is 3.04. The van der Waals surface area contributed by atoms with Crippen molar-refractivity contribution < 1.29 is 4.79 Å². The first-order valence-corrected chi connectivity index (χ1v) is 4.56. The fourth-order valence-corrected chi connectivity index (χ4v) is 1.09. The molecule has 1 aromatic rings. The zero-order valence-corrected chi connectivity index (χ0v) is 8.50. The molecule has 1 heterocycles. The van der Waals surface area contributed by atoms with Crippen LogP contribution < -0.4 is 10.6 Å². The van der Waals surface area contributed by atoms with E-state index in [9.17, 15) is 4.79 Å². The number of nitrogens with one attached hydrogen (secondary N) is 2. The fraction of sp³-hybridized carbons (Fsp3) is 0.400. The van der Waals surface area contributed by atoms with E-state index in [1.54, 1.807) is 13.2 Å². The Bertz CT molecular complexity index is 312. The van der Waals surface area contributed by atoms with Crippen molar-refractivity contribution in [2.75, 3.05) is 13.6 Å². The van der Waals surface area contributed by atoms with Crippen molar-refractivity contribution in [3.05, 3.63) is 29.6 Å². The molecule has 0 unspecified atom stereocenters. The predicted octanol–water partition coefficient (Wildman–Crippen LogP) is 0.226. The number of nitrogens with zero attached hydrogens (tertiary/aromatic N) is 1. The molecule has 0 fully saturated rings. The van der Waals surface area contributed by atoms with E-state index in [1.165, 1.54) is 0 Å². The number of aromatic nitrogens is 1. The Morgan fingerprint density at radius 3 is 3.00 bits per heavy atom. The second-order valence-corrected chi connectivity index (χ2v) is 3.04. The topological polar surface area (TPSA) is 54.0 Å². The van der Waals surface area contributed by atoms with E-state index in [2.05, 4.69) is 15.6 Å². The molecule has 1 rings (SSSR count). The highest BCUT2D eigenvalue weighted by molar-refractivity contribution is 5.77. The SMILES string of the molecule is CNC(=O)CNCc1ncccc1C. The molecule has 14 heavy (non-hydrogen) atoms. The number of pyridine rings is 1. The predicted molar refractivity (Wildman–Crippen MR) is 54.7 cm³/mol. The highest BCUT2D eigenvalue weighted by atomic mass is 16.1. The molecule has 76 valence electrons. The zero-order valence-electron chi connectivity index (χ0n) is 8.50. The molecule has 0 radical (unpaired) electrons. The number of likely N-dealkylation sites (N-methyl/N-ethyl adjacent to an activating group) is 1. The molecule has 0 aromatic carbocycles. The van der Waals surface area contributed by atoms with Crippen LogP contribution in [0.15, 0.2) is 18.3 Å². The molecule has 0 aliphatic heterocycles. The van der Waals surface area contributed by atoms with Gasteiger partial charge >= 0.3 is 0 Å². The molecule has 0 saturated heterocycles. The van der Waals surface area contributed by atoms with Crippen molar-refractivity contribution in [1.29, 1.82) is 0 Å². The lowest BCUT2D eigenvalue weighted by Crippen LogP contribution is -2.31. The number of rotatable bonds is 4. The number of carbonyl (C=O) groups excluding carboxylic acids is 1. The monoisotopic (exact) mass is 193 g/mol. The van der Waals surface area contributed by atoms with Crippen LogP contribution in [0.25, 0.3) is 0 Å². The minimum Gasteiger partial charge on any atom is -0.358 e. The van der Waals surface area contributed by atoms with Gasteiger partial charge in [0.25, 0.3) is 0 Å². The Morgan fingerprint density at radius 2 is 2.36 bits per heavy atom. The summed E-state index contributed by atoms with van der Waals surface area (Å²) < 4.78 is 0. The molecule has 1 aromatic heterocycles. The fourth-order valence-electron chi connectivity index (χ4n) is 1.09. The van der Waals surface area contributed by atoms with Gasteiger partial charge in [-0.3, -0.25) is 9.78 Å². The van der Waals surface area contributed by atoms with Gasteiger partial charge in [0.05, 0.1) is 12.2 Å². The number of aryl methyl sites for hydroxylation is 1. The molecule has 0 saturated carbocycles. The standard InChI is InChI=1S/C10H15N3O/c1-8-4-3-5-13-9(8)6-12-7-10(14)11-2/h3-5,12H,6-7H2,1-2H3,(H,11,14). The van der Waals surface area contributed by atoms with Crippen LogP contribution in [0.3, 0.4) is 0 Å². The maximum Gasteiger partial charge on any atom is 0.233 e. The average Bonchev–Trinajstić information content (AvgIpc) is 2.20. The lowest BCUT2D eigenvalue weighted by atomic mass is 10.2. The Kier molecular flexibility index (Phi) is 4.07. The van der Waals surface area contributed by atoms with Gasteiger partial charge in [-0.05, 0) is 18.6 Å². The van der Waals surface area contributed by atoms with Crippen LogP contribution in [-0.4, -0.2) is 24.5 Å². The van der Waals surface area contributed by atoms with Gasteiger partial charge in [0.15, 0.2) is 0 Å². The van der Waals surface area contributed by atoms with Crippen LogP contribution in [0.2, 0.25) is 0 Å². The summed E-state index contributed by atoms with van der Waals surface area (Å²) in [6, 6.07) is 3.90. The van der Waals surface area contributed by atoms with Gasteiger partial charge < -0.3 is 10.6 Å². The van der Waals surface area contributed by atoms with E-state index >= 15 is 0 Å². The van der Waals surface area contributed by atoms with Crippen molar-refractivity contribution in [2.45, 2.75) is 13.5 Å². The summed E-state index contributed by atoms with van der Waals surface area (Å²) in [6.07, 6.45) is 1.75. The maximum atomic E-state index is 10.9. The molecule has 4 nitrogen and oxygen atoms in total. The molecular weight excluding hydrogens is 178 g/mol. The lowest BCUT2D eigenvalue weighted by Gasteiger charge is -2.05. The Labute approximate surface area is 83.7 Å². The van der Waals surface area contributed by atoms with E-state index < -0.39 is 0 Å². The molecule has 2 N–H and O–H groups in total. The van der Waals surface area contributed by atoms with Gasteiger partial charge in [-0.1, -0.05) is 6.07 Å². The van der Waals surface area contributed by atoms with E-state index in [1.807, 2.05) is 19.1 Å². The van der Waals surface area contributed by atoms with Crippen LogP contribution >= 0.6 is 0 Å². The number of amides is 1. The molecular formula is C10H15N3O. The highest BCUT2D eigenvalue weighted by Gasteiger charge is 2.00. The normalized spacial score (nSPS) is 9.86. The molecule has 0 bridgehead atoms. The molecule has 0 spiro atoms. The summed E-state index contributed by atoms with van der Waals surface area (Å²) in [4.78, 5) is 15.1. The first-order valence-electron chi connectivity index (χ1n) is 4.56. The van der Waals surface area contributed by atoms with Crippen molar-refractivity contribution in [1.82, 2.24) is 15.6 Å². The molecule has 0 aliphatic rings. The zero-order chi connectivity index (χ0) is 10.4. The number of hydrogen-bond donors (Lipinski definition) is 2. The first kappa shape index (κ1) is 10.7. The third kappa shape index (κ3) is 3.14. The van der Waals surface area contributed by atoms with Gasteiger partial charge in [-0.2, -0.15) is 0 Å². The second kappa shape index (κ2) is 5.34. The van der Waals surface area contributed by atoms with Gasteiger partial charge in [-0.25, -0.2) is 0 Å². The first-order chi connectivity index (χ1) is 6.74. The number of hydrogen-bond acceptors (Lipinski definition) is 3. The summed E-state index contributed by atoms with van der Waals surface area (Å²) in [5.41, 5.74) is 2.12. The van der Waals surface area contributed by atoms with Crippen LogP contribution in [0.5, 0.6) is 0 Å². The minimum atomic E-state index is -0.0152. The maximum absolute atomic E-state index is 10.9. The summed E-state index contributed by atoms with van der Waals surface area (Å²) in [7, 11) is 1.62. The largest absolute Gasteiger partial charge is 0.358 e. The number of carbonyl (C=O) groups is 1. The van der Waals surface area contributed by atoms with Crippen LogP contribution in [-0.2, 0) is 11.3 Å². The Morgan fingerprint density at radius 1 is 1.57 bits per heavy atom. The van der Waals surface area contributed by atoms with Gasteiger partial charge in [0, 0.05) is 19.8 Å². The van der Waals surface area contributed by atoms with E-state index in [0.717, 1.165) is 11.3 Å². The summed E-state index contributed by atoms with van der Waals surface area (Å²) in [6.45, 7) is 2.95. The van der Waals surface area contributed by atoms with Crippen molar-refractivity contribution >= 4 is 5.91 Å². The van der Waals surface area contributed by atoms with Crippen LogP contribution in [0, 0.1) is 6.92 Å². The van der Waals surface area contributed by atoms with Gasteiger partial charge in [0.1, 0.15) is 0 Å². The molecule has 4 heteroatoms. The van der Waals surface area contributed by atoms with Crippen molar-refractivity contribution in [2.24, 2.45) is 0 Å². The van der Waals surface area contributed by atoms with E-state index in [-0.39, 0.29) is 5.91 Å². The Hall–Kier alpha value is -1.42. The molecule has 1 amide bonds. The summed E-state index contributed by atoms with van der Waals surface area (Å²) in [5.74, 6) is -0.0152. The minimum absolute atomic E-state index is 0.0152.